The van der Waals surface area contributed by atoms with E-state index in [4.69, 9.17) is 5.73 Å². The van der Waals surface area contributed by atoms with Crippen LogP contribution >= 0.6 is 0 Å². The van der Waals surface area contributed by atoms with E-state index < -0.39 is 24.7 Å². The van der Waals surface area contributed by atoms with Crippen molar-refractivity contribution in [1.82, 2.24) is 4.98 Å². The lowest BCUT2D eigenvalue weighted by atomic mass is 10.1. The zero-order valence-electron chi connectivity index (χ0n) is 9.42. The fraction of sp³-hybridized carbons (Fsp3) is 0.400. The van der Waals surface area contributed by atoms with Crippen LogP contribution in [0.25, 0.3) is 0 Å². The van der Waals surface area contributed by atoms with Crippen LogP contribution in [0.4, 0.5) is 8.78 Å². The minimum Gasteiger partial charge on any atom is -0.468 e. The molecule has 0 fully saturated rings. The van der Waals surface area contributed by atoms with Crippen LogP contribution in [-0.2, 0) is 9.53 Å². The summed E-state index contributed by atoms with van der Waals surface area (Å²) in [6, 6.07) is 1.11. The summed E-state index contributed by atoms with van der Waals surface area (Å²) in [5.74, 6) is -0.968. The van der Waals surface area contributed by atoms with Crippen LogP contribution in [0.1, 0.15) is 11.8 Å². The summed E-state index contributed by atoms with van der Waals surface area (Å²) in [6.07, 6.45) is -0.396. The van der Waals surface area contributed by atoms with Crippen LogP contribution in [0, 0.1) is 0 Å². The second kappa shape index (κ2) is 6.22. The zero-order chi connectivity index (χ0) is 13.7. The van der Waals surface area contributed by atoms with Gasteiger partial charge in [0.1, 0.15) is 17.9 Å². The van der Waals surface area contributed by atoms with E-state index in [1.54, 1.807) is 0 Å². The standard InChI is InChI=1S/C10H12F2N2O4/c1-17-9(16)7(13)8(15)6-3-2-5(4-14-6)18-10(11)12/h2-4,7-8,10,15H,13H2,1H3/t7-,8+/m0/s1. The van der Waals surface area contributed by atoms with Gasteiger partial charge >= 0.3 is 12.6 Å². The van der Waals surface area contributed by atoms with E-state index in [9.17, 15) is 18.7 Å². The fourth-order valence-corrected chi connectivity index (χ4v) is 1.19. The van der Waals surface area contributed by atoms with Gasteiger partial charge in [-0.25, -0.2) is 0 Å². The molecule has 1 heterocycles. The third kappa shape index (κ3) is 3.60. The molecule has 0 aromatic carbocycles. The van der Waals surface area contributed by atoms with Crippen molar-refractivity contribution in [2.24, 2.45) is 5.73 Å². The monoisotopic (exact) mass is 262 g/mol. The molecule has 6 nitrogen and oxygen atoms in total. The van der Waals surface area contributed by atoms with E-state index in [1.807, 2.05) is 0 Å². The maximum Gasteiger partial charge on any atom is 0.387 e. The summed E-state index contributed by atoms with van der Waals surface area (Å²) in [6.45, 7) is -2.96. The average Bonchev–Trinajstić information content (AvgIpc) is 2.36. The Kier molecular flexibility index (Phi) is 4.93. The van der Waals surface area contributed by atoms with Crippen LogP contribution in [0.15, 0.2) is 18.3 Å². The Morgan fingerprint density at radius 3 is 2.61 bits per heavy atom. The van der Waals surface area contributed by atoms with E-state index in [1.165, 1.54) is 12.1 Å². The first-order valence-corrected chi connectivity index (χ1v) is 4.88. The van der Waals surface area contributed by atoms with E-state index >= 15 is 0 Å². The number of ether oxygens (including phenoxy) is 2. The van der Waals surface area contributed by atoms with E-state index in [0.717, 1.165) is 13.3 Å². The predicted octanol–water partition coefficient (Wildman–Crippen LogP) is 0.217. The van der Waals surface area contributed by atoms with E-state index in [0.29, 0.717) is 0 Å². The molecule has 1 aromatic rings. The second-order valence-corrected chi connectivity index (χ2v) is 3.29. The van der Waals surface area contributed by atoms with Gasteiger partial charge < -0.3 is 20.3 Å². The Morgan fingerprint density at radius 1 is 1.50 bits per heavy atom. The van der Waals surface area contributed by atoms with Crippen molar-refractivity contribution < 1.29 is 28.2 Å². The van der Waals surface area contributed by atoms with Crippen LogP contribution in [0.2, 0.25) is 0 Å². The Labute approximate surface area is 101 Å². The largest absolute Gasteiger partial charge is 0.468 e. The summed E-state index contributed by atoms with van der Waals surface area (Å²) in [5, 5.41) is 9.69. The Hall–Kier alpha value is -1.80. The normalized spacial score (nSPS) is 14.1. The van der Waals surface area contributed by atoms with Gasteiger partial charge in [-0.2, -0.15) is 8.78 Å². The Morgan fingerprint density at radius 2 is 2.17 bits per heavy atom. The summed E-state index contributed by atoms with van der Waals surface area (Å²) < 4.78 is 32.2. The number of pyridine rings is 1. The molecule has 3 N–H and O–H groups in total. The Bertz CT molecular complexity index is 399. The summed E-state index contributed by atoms with van der Waals surface area (Å²) in [4.78, 5) is 14.8. The number of alkyl halides is 2. The molecule has 0 spiro atoms. The van der Waals surface area contributed by atoms with Gasteiger partial charge in [0.05, 0.1) is 19.0 Å². The number of hydrogen-bond acceptors (Lipinski definition) is 6. The molecule has 0 saturated carbocycles. The number of aromatic nitrogens is 1. The van der Waals surface area contributed by atoms with Crippen molar-refractivity contribution in [2.45, 2.75) is 18.8 Å². The number of nitrogens with two attached hydrogens (primary N) is 1. The molecule has 0 aliphatic heterocycles. The number of nitrogens with zero attached hydrogens (tertiary/aromatic N) is 1. The third-order valence-electron chi connectivity index (χ3n) is 2.10. The number of carbonyl (C=O) groups is 1. The van der Waals surface area contributed by atoms with Gasteiger partial charge in [-0.3, -0.25) is 9.78 Å². The zero-order valence-corrected chi connectivity index (χ0v) is 9.42. The van der Waals surface area contributed by atoms with Gasteiger partial charge in [0.15, 0.2) is 0 Å². The molecule has 0 aliphatic rings. The molecule has 0 saturated heterocycles. The highest BCUT2D eigenvalue weighted by molar-refractivity contribution is 5.76. The highest BCUT2D eigenvalue weighted by atomic mass is 19.3. The van der Waals surface area contributed by atoms with Crippen LogP contribution in [0.3, 0.4) is 0 Å². The first kappa shape index (κ1) is 14.3. The molecular formula is C10H12F2N2O4. The number of carbonyl (C=O) groups excluding carboxylic acids is 1. The van der Waals surface area contributed by atoms with Gasteiger partial charge in [0.2, 0.25) is 0 Å². The molecule has 2 atom stereocenters. The van der Waals surface area contributed by atoms with Crippen molar-refractivity contribution >= 4 is 5.97 Å². The van der Waals surface area contributed by atoms with Crippen molar-refractivity contribution in [3.63, 3.8) is 0 Å². The second-order valence-electron chi connectivity index (χ2n) is 3.29. The highest BCUT2D eigenvalue weighted by Gasteiger charge is 2.25. The van der Waals surface area contributed by atoms with Crippen molar-refractivity contribution in [3.8, 4) is 5.75 Å². The molecule has 1 rings (SSSR count). The lowest BCUT2D eigenvalue weighted by Gasteiger charge is -2.16. The first-order valence-electron chi connectivity index (χ1n) is 4.88. The maximum absolute atomic E-state index is 11.9. The molecule has 0 aliphatic carbocycles. The Balaban J connectivity index is 2.75. The third-order valence-corrected chi connectivity index (χ3v) is 2.10. The lowest BCUT2D eigenvalue weighted by Crippen LogP contribution is -2.37. The molecule has 0 unspecified atom stereocenters. The SMILES string of the molecule is COC(=O)[C@@H](N)[C@H](O)c1ccc(OC(F)F)cn1. The van der Waals surface area contributed by atoms with E-state index in [2.05, 4.69) is 14.5 Å². The van der Waals surface area contributed by atoms with Gasteiger partial charge in [0, 0.05) is 0 Å². The van der Waals surface area contributed by atoms with Crippen LogP contribution in [0.5, 0.6) is 5.75 Å². The molecule has 0 amide bonds. The molecule has 100 valence electrons. The number of aliphatic hydroxyl groups excluding tert-OH is 1. The van der Waals surface area contributed by atoms with Crippen molar-refractivity contribution in [2.75, 3.05) is 7.11 Å². The maximum atomic E-state index is 11.9. The average molecular weight is 262 g/mol. The predicted molar refractivity (Wildman–Crippen MR) is 55.8 cm³/mol. The first-order chi connectivity index (χ1) is 8.45. The number of methoxy groups -OCH3 is 1. The van der Waals surface area contributed by atoms with Gasteiger partial charge in [-0.15, -0.1) is 0 Å². The number of hydrogen-bond donors (Lipinski definition) is 2. The number of halogens is 2. The minimum absolute atomic E-state index is 0.0505. The van der Waals surface area contributed by atoms with Crippen molar-refractivity contribution in [1.29, 1.82) is 0 Å². The number of esters is 1. The molecule has 8 heteroatoms. The van der Waals surface area contributed by atoms with Gasteiger partial charge in [0.25, 0.3) is 0 Å². The summed E-state index contributed by atoms with van der Waals surface area (Å²) in [5.41, 5.74) is 5.46. The molecule has 18 heavy (non-hydrogen) atoms. The fourth-order valence-electron chi connectivity index (χ4n) is 1.19. The molecule has 1 aromatic heterocycles. The van der Waals surface area contributed by atoms with Crippen molar-refractivity contribution in [3.05, 3.63) is 24.0 Å². The summed E-state index contributed by atoms with van der Waals surface area (Å²) >= 11 is 0. The lowest BCUT2D eigenvalue weighted by molar-refractivity contribution is -0.145. The summed E-state index contributed by atoms with van der Waals surface area (Å²) in [7, 11) is 1.13. The molecule has 0 radical (unpaired) electrons. The van der Waals surface area contributed by atoms with Crippen LogP contribution in [-0.4, -0.2) is 35.8 Å². The number of rotatable bonds is 5. The smallest absolute Gasteiger partial charge is 0.387 e. The molecule has 0 bridgehead atoms. The van der Waals surface area contributed by atoms with Gasteiger partial charge in [-0.1, -0.05) is 0 Å². The van der Waals surface area contributed by atoms with Crippen LogP contribution < -0.4 is 10.5 Å². The van der Waals surface area contributed by atoms with Gasteiger partial charge in [-0.05, 0) is 12.1 Å². The highest BCUT2D eigenvalue weighted by Crippen LogP contribution is 2.18. The number of aliphatic hydroxyl groups is 1. The quantitative estimate of drug-likeness (QED) is 0.737. The molecular weight excluding hydrogens is 250 g/mol. The minimum atomic E-state index is -2.96. The van der Waals surface area contributed by atoms with E-state index in [-0.39, 0.29) is 11.4 Å². The topological polar surface area (TPSA) is 94.7 Å².